The predicted octanol–water partition coefficient (Wildman–Crippen LogP) is 1.00. The topological polar surface area (TPSA) is 80.3 Å². The van der Waals surface area contributed by atoms with Crippen LogP contribution in [0.5, 0.6) is 0 Å². The van der Waals surface area contributed by atoms with E-state index in [2.05, 4.69) is 5.32 Å². The van der Waals surface area contributed by atoms with Crippen LogP contribution in [0.4, 0.5) is 8.78 Å². The van der Waals surface area contributed by atoms with Gasteiger partial charge in [-0.25, -0.2) is 17.2 Å². The number of rotatable bonds is 5. The van der Waals surface area contributed by atoms with Gasteiger partial charge in [0.2, 0.25) is 0 Å². The van der Waals surface area contributed by atoms with Crippen LogP contribution in [0.1, 0.15) is 10.4 Å². The van der Waals surface area contributed by atoms with Crippen molar-refractivity contribution in [3.63, 3.8) is 0 Å². The van der Waals surface area contributed by atoms with Crippen LogP contribution in [-0.2, 0) is 19.9 Å². The Bertz CT molecular complexity index is 663. The molecule has 1 aromatic carbocycles. The number of carbonyl (C=O) groups excluding carboxylic acids is 1. The molecule has 20 heavy (non-hydrogen) atoms. The Morgan fingerprint density at radius 3 is 2.45 bits per heavy atom. The molecule has 1 amide bonds. The second-order valence-electron chi connectivity index (χ2n) is 3.73. The summed E-state index contributed by atoms with van der Waals surface area (Å²) in [4.78, 5) is 10.6. The molecule has 0 fully saturated rings. The number of amides is 1. The van der Waals surface area contributed by atoms with Crippen molar-refractivity contribution in [2.45, 2.75) is 4.90 Å². The van der Waals surface area contributed by atoms with Gasteiger partial charge in [-0.3, -0.25) is 9.00 Å². The van der Waals surface area contributed by atoms with E-state index in [1.807, 2.05) is 0 Å². The van der Waals surface area contributed by atoms with Crippen molar-refractivity contribution in [2.75, 3.05) is 18.6 Å². The fraction of sp³-hybridized carbons (Fsp3) is 0.300. The number of benzene rings is 1. The van der Waals surface area contributed by atoms with Crippen molar-refractivity contribution in [3.8, 4) is 0 Å². The maximum absolute atomic E-state index is 13.5. The van der Waals surface area contributed by atoms with E-state index in [-0.39, 0.29) is 18.4 Å². The fourth-order valence-corrected chi connectivity index (χ4v) is 2.59. The van der Waals surface area contributed by atoms with E-state index in [0.717, 1.165) is 0 Å². The van der Waals surface area contributed by atoms with Gasteiger partial charge in [-0.1, -0.05) is 0 Å². The van der Waals surface area contributed by atoms with Crippen LogP contribution in [0.2, 0.25) is 0 Å². The van der Waals surface area contributed by atoms with Crippen molar-refractivity contribution in [2.24, 2.45) is 0 Å². The van der Waals surface area contributed by atoms with Crippen molar-refractivity contribution < 1.29 is 26.2 Å². The highest BCUT2D eigenvalue weighted by molar-refractivity contribution is 8.13. The van der Waals surface area contributed by atoms with Crippen molar-refractivity contribution in [1.82, 2.24) is 5.32 Å². The third-order valence-corrected chi connectivity index (χ3v) is 4.32. The summed E-state index contributed by atoms with van der Waals surface area (Å²) in [6.45, 7) is 0.00171. The third kappa shape index (κ3) is 4.50. The van der Waals surface area contributed by atoms with E-state index in [0.29, 0.717) is 6.07 Å². The molecule has 5 nitrogen and oxygen atoms in total. The van der Waals surface area contributed by atoms with Gasteiger partial charge in [0.1, 0.15) is 16.5 Å². The molecule has 0 heterocycles. The van der Waals surface area contributed by atoms with Gasteiger partial charge in [0.05, 0.1) is 5.56 Å². The Hall–Kier alpha value is -1.06. The third-order valence-electron chi connectivity index (χ3n) is 2.20. The van der Waals surface area contributed by atoms with Gasteiger partial charge in [0, 0.05) is 46.1 Å². The largest absolute Gasteiger partial charge is 0.351 e. The molecule has 0 aromatic heterocycles. The summed E-state index contributed by atoms with van der Waals surface area (Å²) >= 11 is 0. The zero-order chi connectivity index (χ0) is 15.5. The monoisotopic (exact) mass is 345 g/mol. The second-order valence-corrected chi connectivity index (χ2v) is 7.82. The molecule has 0 radical (unpaired) electrons. The Kier molecular flexibility index (Phi) is 5.60. The molecule has 1 N–H and O–H groups in total. The second kappa shape index (κ2) is 6.59. The Balaban J connectivity index is 3.06. The molecular weight excluding hydrogens is 336 g/mol. The van der Waals surface area contributed by atoms with E-state index >= 15 is 0 Å². The van der Waals surface area contributed by atoms with E-state index in [9.17, 15) is 26.2 Å². The lowest BCUT2D eigenvalue weighted by Crippen LogP contribution is -2.28. The number of hydrogen-bond donors (Lipinski definition) is 1. The van der Waals surface area contributed by atoms with Crippen LogP contribution in [0, 0.1) is 11.6 Å². The molecule has 112 valence electrons. The normalized spacial score (nSPS) is 13.0. The van der Waals surface area contributed by atoms with Gasteiger partial charge in [-0.2, -0.15) is 0 Å². The number of carbonyl (C=O) groups is 1. The Morgan fingerprint density at radius 1 is 1.35 bits per heavy atom. The average molecular weight is 346 g/mol. The lowest BCUT2D eigenvalue weighted by atomic mass is 10.2. The van der Waals surface area contributed by atoms with Crippen molar-refractivity contribution in [1.29, 1.82) is 0 Å². The fourth-order valence-electron chi connectivity index (χ4n) is 1.29. The molecule has 1 rings (SSSR count). The molecule has 0 saturated carbocycles. The van der Waals surface area contributed by atoms with Gasteiger partial charge in [0.25, 0.3) is 15.0 Å². The first-order valence-electron chi connectivity index (χ1n) is 5.15. The summed E-state index contributed by atoms with van der Waals surface area (Å²) in [7, 11) is -0.613. The van der Waals surface area contributed by atoms with Crippen molar-refractivity contribution >= 4 is 36.4 Å². The molecule has 0 aliphatic rings. The Labute approximate surface area is 121 Å². The molecule has 0 saturated heterocycles. The molecule has 0 aliphatic carbocycles. The molecule has 0 bridgehead atoms. The minimum atomic E-state index is -4.44. The summed E-state index contributed by atoms with van der Waals surface area (Å²) in [5.74, 6) is -3.41. The van der Waals surface area contributed by atoms with E-state index in [4.69, 9.17) is 10.7 Å². The van der Waals surface area contributed by atoms with Gasteiger partial charge in [0.15, 0.2) is 0 Å². The molecule has 0 aliphatic heterocycles. The summed E-state index contributed by atoms with van der Waals surface area (Å²) in [6.07, 6.45) is 1.42. The number of halogens is 3. The van der Waals surface area contributed by atoms with Crippen LogP contribution >= 0.6 is 10.7 Å². The van der Waals surface area contributed by atoms with Gasteiger partial charge >= 0.3 is 0 Å². The van der Waals surface area contributed by atoms with Gasteiger partial charge in [-0.15, -0.1) is 0 Å². The lowest BCUT2D eigenvalue weighted by molar-refractivity contribution is 0.0951. The maximum atomic E-state index is 13.5. The first-order chi connectivity index (χ1) is 9.12. The SMILES string of the molecule is CS(=O)CCNC(=O)c1cc(S(=O)(=O)Cl)c(F)cc1F. The lowest BCUT2D eigenvalue weighted by Gasteiger charge is -2.07. The van der Waals surface area contributed by atoms with Crippen LogP contribution in [0.3, 0.4) is 0 Å². The first kappa shape index (κ1) is 17.0. The smallest absolute Gasteiger partial charge is 0.264 e. The van der Waals surface area contributed by atoms with Crippen molar-refractivity contribution in [3.05, 3.63) is 29.3 Å². The van der Waals surface area contributed by atoms with E-state index < -0.39 is 47.9 Å². The molecule has 10 heteroatoms. The van der Waals surface area contributed by atoms with E-state index in [1.165, 1.54) is 6.26 Å². The summed E-state index contributed by atoms with van der Waals surface area (Å²) in [6, 6.07) is 0.785. The average Bonchev–Trinajstić information content (AvgIpc) is 2.26. The molecule has 0 spiro atoms. The standard InChI is InChI=1S/C10H10ClF2NO4S2/c1-19(16)3-2-14-10(15)6-4-9(20(11,17)18)8(13)5-7(6)12/h4-5H,2-3H2,1H3,(H,14,15). The predicted molar refractivity (Wildman–Crippen MR) is 70.7 cm³/mol. The minimum absolute atomic E-state index is 0.00171. The summed E-state index contributed by atoms with van der Waals surface area (Å²) in [5, 5.41) is 2.24. The highest BCUT2D eigenvalue weighted by atomic mass is 35.7. The van der Waals surface area contributed by atoms with Crippen LogP contribution in [0.15, 0.2) is 17.0 Å². The van der Waals surface area contributed by atoms with Gasteiger partial charge < -0.3 is 5.32 Å². The van der Waals surface area contributed by atoms with Crippen LogP contribution in [-0.4, -0.2) is 37.1 Å². The molecule has 1 aromatic rings. The summed E-state index contributed by atoms with van der Waals surface area (Å²) in [5.41, 5.74) is -0.660. The molecular formula is C10H10ClF2NO4S2. The number of hydrogen-bond acceptors (Lipinski definition) is 4. The zero-order valence-electron chi connectivity index (χ0n) is 10.2. The van der Waals surface area contributed by atoms with Gasteiger partial charge in [-0.05, 0) is 6.07 Å². The highest BCUT2D eigenvalue weighted by Gasteiger charge is 2.22. The minimum Gasteiger partial charge on any atom is -0.351 e. The quantitative estimate of drug-likeness (QED) is 0.807. The van der Waals surface area contributed by atoms with E-state index in [1.54, 1.807) is 0 Å². The first-order valence-corrected chi connectivity index (χ1v) is 9.18. The Morgan fingerprint density at radius 2 is 1.95 bits per heavy atom. The number of nitrogens with one attached hydrogen (secondary N) is 1. The maximum Gasteiger partial charge on any atom is 0.264 e. The highest BCUT2D eigenvalue weighted by Crippen LogP contribution is 2.22. The van der Waals surface area contributed by atoms with Crippen LogP contribution in [0.25, 0.3) is 0 Å². The molecule has 1 atom stereocenters. The zero-order valence-corrected chi connectivity index (χ0v) is 12.5. The molecule has 1 unspecified atom stereocenters. The summed E-state index contributed by atoms with van der Waals surface area (Å²) < 4.78 is 59.7. The van der Waals surface area contributed by atoms with Crippen LogP contribution < -0.4 is 5.32 Å².